The van der Waals surface area contributed by atoms with Crippen molar-refractivity contribution in [3.8, 4) is 0 Å². The Bertz CT molecular complexity index is 349. The lowest BCUT2D eigenvalue weighted by Gasteiger charge is -2.07. The number of hydrogen-bond donors (Lipinski definition) is 2. The van der Waals surface area contributed by atoms with Crippen LogP contribution in [-0.2, 0) is 6.54 Å². The smallest absolute Gasteiger partial charge is 0.191 e. The Labute approximate surface area is 88.2 Å². The summed E-state index contributed by atoms with van der Waals surface area (Å²) in [5, 5.41) is 7.13. The quantitative estimate of drug-likeness (QED) is 0.773. The predicted octanol–water partition coefficient (Wildman–Crippen LogP) is 1.39. The molecule has 0 saturated heterocycles. The molecule has 3 nitrogen and oxygen atoms in total. The van der Waals surface area contributed by atoms with Gasteiger partial charge in [0.2, 0.25) is 0 Å². The number of guanidine groups is 1. The molecule has 1 aromatic carbocycles. The highest BCUT2D eigenvalue weighted by molar-refractivity contribution is 6.31. The molecule has 0 fully saturated rings. The highest BCUT2D eigenvalue weighted by Crippen LogP contribution is 2.14. The first-order valence-electron chi connectivity index (χ1n) is 4.62. The van der Waals surface area contributed by atoms with E-state index in [1.54, 1.807) is 0 Å². The van der Waals surface area contributed by atoms with Gasteiger partial charge in [-0.15, -0.1) is 0 Å². The molecule has 14 heavy (non-hydrogen) atoms. The summed E-state index contributed by atoms with van der Waals surface area (Å²) < 4.78 is 0. The van der Waals surface area contributed by atoms with Gasteiger partial charge < -0.3 is 10.6 Å². The molecule has 0 aromatic heterocycles. The van der Waals surface area contributed by atoms with Gasteiger partial charge in [-0.2, -0.15) is 0 Å². The summed E-state index contributed by atoms with van der Waals surface area (Å²) in [5.74, 6) is 0.866. The molecule has 1 aliphatic heterocycles. The van der Waals surface area contributed by atoms with Gasteiger partial charge >= 0.3 is 0 Å². The van der Waals surface area contributed by atoms with Crippen LogP contribution < -0.4 is 10.6 Å². The summed E-state index contributed by atoms with van der Waals surface area (Å²) in [6.45, 7) is 2.49. The van der Waals surface area contributed by atoms with Crippen LogP contribution in [0.2, 0.25) is 5.02 Å². The van der Waals surface area contributed by atoms with E-state index in [4.69, 9.17) is 11.6 Å². The molecule has 0 unspecified atom stereocenters. The normalized spacial score (nSPS) is 14.8. The van der Waals surface area contributed by atoms with Gasteiger partial charge in [0.15, 0.2) is 5.96 Å². The Balaban J connectivity index is 1.94. The lowest BCUT2D eigenvalue weighted by molar-refractivity contribution is 0.867. The molecule has 1 heterocycles. The first-order valence-corrected chi connectivity index (χ1v) is 4.99. The Hall–Kier alpha value is -1.22. The van der Waals surface area contributed by atoms with Crippen LogP contribution in [0.25, 0.3) is 0 Å². The highest BCUT2D eigenvalue weighted by Gasteiger charge is 2.04. The summed E-state index contributed by atoms with van der Waals surface area (Å²) in [6.07, 6.45) is 0. The Morgan fingerprint density at radius 3 is 3.00 bits per heavy atom. The fourth-order valence-corrected chi connectivity index (χ4v) is 1.54. The molecule has 2 rings (SSSR count). The van der Waals surface area contributed by atoms with Gasteiger partial charge in [0.25, 0.3) is 0 Å². The van der Waals surface area contributed by atoms with Crippen LogP contribution in [0, 0.1) is 0 Å². The fourth-order valence-electron chi connectivity index (χ4n) is 1.34. The predicted molar refractivity (Wildman–Crippen MR) is 58.6 cm³/mol. The third-order valence-electron chi connectivity index (χ3n) is 2.08. The number of hydrogen-bond acceptors (Lipinski definition) is 3. The maximum Gasteiger partial charge on any atom is 0.191 e. The maximum atomic E-state index is 6.01. The van der Waals surface area contributed by atoms with Crippen LogP contribution in [0.1, 0.15) is 5.56 Å². The van der Waals surface area contributed by atoms with E-state index in [0.717, 1.165) is 29.6 Å². The van der Waals surface area contributed by atoms with Crippen LogP contribution in [-0.4, -0.2) is 19.0 Å². The summed E-state index contributed by atoms with van der Waals surface area (Å²) >= 11 is 6.01. The number of halogens is 1. The van der Waals surface area contributed by atoms with Gasteiger partial charge in [0.1, 0.15) is 0 Å². The second kappa shape index (κ2) is 4.33. The van der Waals surface area contributed by atoms with Crippen LogP contribution in [0.15, 0.2) is 29.3 Å². The van der Waals surface area contributed by atoms with E-state index in [1.165, 1.54) is 0 Å². The first-order chi connectivity index (χ1) is 6.86. The van der Waals surface area contributed by atoms with Crippen LogP contribution >= 0.6 is 11.6 Å². The van der Waals surface area contributed by atoms with Crippen molar-refractivity contribution in [2.45, 2.75) is 6.54 Å². The Kier molecular flexibility index (Phi) is 2.89. The molecule has 4 heteroatoms. The second-order valence-corrected chi connectivity index (χ2v) is 3.51. The molecule has 1 aliphatic rings. The van der Waals surface area contributed by atoms with E-state index in [0.29, 0.717) is 6.54 Å². The Morgan fingerprint density at radius 1 is 1.43 bits per heavy atom. The molecule has 0 atom stereocenters. The molecule has 2 N–H and O–H groups in total. The fraction of sp³-hybridized carbons (Fsp3) is 0.300. The van der Waals surface area contributed by atoms with Gasteiger partial charge in [-0.05, 0) is 11.6 Å². The van der Waals surface area contributed by atoms with Gasteiger partial charge in [-0.3, -0.25) is 4.99 Å². The summed E-state index contributed by atoms with van der Waals surface area (Å²) in [4.78, 5) is 4.23. The maximum absolute atomic E-state index is 6.01. The number of aliphatic imine (C=N–C) groups is 1. The minimum Gasteiger partial charge on any atom is -0.355 e. The Morgan fingerprint density at radius 2 is 2.29 bits per heavy atom. The van der Waals surface area contributed by atoms with Crippen molar-refractivity contribution in [2.75, 3.05) is 13.1 Å². The van der Waals surface area contributed by atoms with Crippen molar-refractivity contribution >= 4 is 17.6 Å². The van der Waals surface area contributed by atoms with Crippen molar-refractivity contribution in [1.82, 2.24) is 10.6 Å². The van der Waals surface area contributed by atoms with Crippen molar-refractivity contribution in [3.63, 3.8) is 0 Å². The largest absolute Gasteiger partial charge is 0.355 e. The highest BCUT2D eigenvalue weighted by atomic mass is 35.5. The summed E-state index contributed by atoms with van der Waals surface area (Å²) in [6, 6.07) is 7.80. The summed E-state index contributed by atoms with van der Waals surface area (Å²) in [7, 11) is 0. The number of nitrogens with zero attached hydrogens (tertiary/aromatic N) is 1. The van der Waals surface area contributed by atoms with E-state index in [-0.39, 0.29) is 0 Å². The molecule has 0 radical (unpaired) electrons. The van der Waals surface area contributed by atoms with Gasteiger partial charge in [0.05, 0.1) is 6.54 Å². The van der Waals surface area contributed by atoms with E-state index < -0.39 is 0 Å². The molecule has 0 spiro atoms. The number of nitrogens with one attached hydrogen (secondary N) is 2. The average molecular weight is 210 g/mol. The lowest BCUT2D eigenvalue weighted by Crippen LogP contribution is -2.33. The van der Waals surface area contributed by atoms with Gasteiger partial charge in [0, 0.05) is 18.1 Å². The number of benzene rings is 1. The molecule has 0 aliphatic carbocycles. The molecule has 0 amide bonds. The molecular weight excluding hydrogens is 198 g/mol. The van der Waals surface area contributed by atoms with E-state index in [9.17, 15) is 0 Å². The van der Waals surface area contributed by atoms with Crippen LogP contribution in [0.4, 0.5) is 0 Å². The summed E-state index contributed by atoms with van der Waals surface area (Å²) in [5.41, 5.74) is 1.09. The minimum absolute atomic E-state index is 0.714. The minimum atomic E-state index is 0.714. The first kappa shape index (κ1) is 9.34. The van der Waals surface area contributed by atoms with E-state index in [2.05, 4.69) is 15.6 Å². The van der Waals surface area contributed by atoms with E-state index in [1.807, 2.05) is 24.3 Å². The molecule has 74 valence electrons. The lowest BCUT2D eigenvalue weighted by atomic mass is 10.2. The zero-order valence-corrected chi connectivity index (χ0v) is 8.51. The van der Waals surface area contributed by atoms with E-state index >= 15 is 0 Å². The zero-order valence-electron chi connectivity index (χ0n) is 7.76. The zero-order chi connectivity index (χ0) is 9.80. The van der Waals surface area contributed by atoms with Crippen molar-refractivity contribution in [2.24, 2.45) is 4.99 Å². The monoisotopic (exact) mass is 209 g/mol. The standard InChI is InChI=1S/C10H12ClN3/c11-9-4-2-1-3-8(9)7-14-10-12-5-6-13-10/h1-4H,5-7H2,(H2,12,13,14). The van der Waals surface area contributed by atoms with Gasteiger partial charge in [-0.25, -0.2) is 0 Å². The third kappa shape index (κ3) is 2.17. The van der Waals surface area contributed by atoms with Crippen LogP contribution in [0.3, 0.4) is 0 Å². The second-order valence-electron chi connectivity index (χ2n) is 3.10. The third-order valence-corrected chi connectivity index (χ3v) is 2.45. The SMILES string of the molecule is Clc1ccccc1CNC1=NCCN1. The van der Waals surface area contributed by atoms with Crippen molar-refractivity contribution < 1.29 is 0 Å². The van der Waals surface area contributed by atoms with Crippen molar-refractivity contribution in [1.29, 1.82) is 0 Å². The van der Waals surface area contributed by atoms with Gasteiger partial charge in [-0.1, -0.05) is 29.8 Å². The topological polar surface area (TPSA) is 36.4 Å². The van der Waals surface area contributed by atoms with Crippen molar-refractivity contribution in [3.05, 3.63) is 34.9 Å². The molecule has 0 saturated carbocycles. The number of rotatable bonds is 2. The average Bonchev–Trinajstić information content (AvgIpc) is 2.69. The molecular formula is C10H12ClN3. The van der Waals surface area contributed by atoms with Crippen LogP contribution in [0.5, 0.6) is 0 Å². The molecule has 0 bridgehead atoms. The molecule has 1 aromatic rings.